The highest BCUT2D eigenvalue weighted by atomic mass is 16.5. The average molecular weight is 573 g/mol. The van der Waals surface area contributed by atoms with E-state index in [0.29, 0.717) is 40.7 Å². The summed E-state index contributed by atoms with van der Waals surface area (Å²) in [4.78, 5) is 37.2. The Labute approximate surface area is 243 Å². The molecule has 1 atom stereocenters. The van der Waals surface area contributed by atoms with Crippen molar-refractivity contribution in [1.29, 1.82) is 0 Å². The number of esters is 1. The quantitative estimate of drug-likeness (QED) is 0.170. The lowest BCUT2D eigenvalue weighted by Crippen LogP contribution is -2.45. The summed E-state index contributed by atoms with van der Waals surface area (Å²) in [5.41, 5.74) is 5.41. The first-order valence-corrected chi connectivity index (χ1v) is 13.2. The van der Waals surface area contributed by atoms with E-state index in [1.165, 1.54) is 13.3 Å². The van der Waals surface area contributed by atoms with Crippen molar-refractivity contribution in [3.63, 3.8) is 0 Å². The molecular formula is C31H32N4O7. The lowest BCUT2D eigenvalue weighted by molar-refractivity contribution is -0.139. The molecule has 11 nitrogen and oxygen atoms in total. The van der Waals surface area contributed by atoms with Crippen molar-refractivity contribution in [3.8, 4) is 17.2 Å². The van der Waals surface area contributed by atoms with E-state index < -0.39 is 23.9 Å². The molecule has 0 unspecified atom stereocenters. The van der Waals surface area contributed by atoms with Crippen LogP contribution in [0.1, 0.15) is 36.6 Å². The maximum atomic E-state index is 12.6. The highest BCUT2D eigenvalue weighted by Gasteiger charge is 2.32. The van der Waals surface area contributed by atoms with Crippen LogP contribution in [0.25, 0.3) is 0 Å². The molecule has 0 aliphatic carbocycles. The zero-order chi connectivity index (χ0) is 29.9. The summed E-state index contributed by atoms with van der Waals surface area (Å²) in [6, 6.07) is 20.8. The van der Waals surface area contributed by atoms with Crippen LogP contribution in [0, 0.1) is 0 Å². The molecule has 0 bridgehead atoms. The number of nitrogens with zero attached hydrogens (tertiary/aromatic N) is 1. The number of hydrogen-bond donors (Lipinski definition) is 3. The normalized spacial score (nSPS) is 14.5. The molecule has 0 spiro atoms. The van der Waals surface area contributed by atoms with Gasteiger partial charge in [-0.2, -0.15) is 5.10 Å². The maximum absolute atomic E-state index is 12.6. The maximum Gasteiger partial charge on any atom is 0.338 e. The van der Waals surface area contributed by atoms with Gasteiger partial charge in [-0.15, -0.1) is 0 Å². The number of methoxy groups -OCH3 is 1. The molecule has 0 saturated heterocycles. The van der Waals surface area contributed by atoms with Crippen molar-refractivity contribution in [2.45, 2.75) is 26.5 Å². The number of carbonyl (C=O) groups excluding carboxylic acids is 3. The van der Waals surface area contributed by atoms with Crippen molar-refractivity contribution in [2.24, 2.45) is 5.10 Å². The Bertz CT molecular complexity index is 1490. The highest BCUT2D eigenvalue weighted by Crippen LogP contribution is 2.34. The minimum atomic E-state index is -0.766. The summed E-state index contributed by atoms with van der Waals surface area (Å²) in [5.74, 6) is 0.186. The van der Waals surface area contributed by atoms with Crippen LogP contribution in [0.4, 0.5) is 4.79 Å². The topological polar surface area (TPSA) is 137 Å². The summed E-state index contributed by atoms with van der Waals surface area (Å²) in [7, 11) is 1.45. The molecule has 0 fully saturated rings. The lowest BCUT2D eigenvalue weighted by atomic mass is 9.95. The zero-order valence-electron chi connectivity index (χ0n) is 23.5. The van der Waals surface area contributed by atoms with Crippen LogP contribution in [-0.4, -0.2) is 44.4 Å². The van der Waals surface area contributed by atoms with Gasteiger partial charge in [-0.1, -0.05) is 48.5 Å². The van der Waals surface area contributed by atoms with Crippen LogP contribution in [0.2, 0.25) is 0 Å². The Morgan fingerprint density at radius 2 is 1.74 bits per heavy atom. The number of nitrogens with one attached hydrogen (secondary N) is 3. The van der Waals surface area contributed by atoms with Crippen molar-refractivity contribution in [1.82, 2.24) is 16.1 Å². The Kier molecular flexibility index (Phi) is 10.1. The summed E-state index contributed by atoms with van der Waals surface area (Å²) in [6.07, 6.45) is 1.50. The smallest absolute Gasteiger partial charge is 0.338 e. The molecular weight excluding hydrogens is 540 g/mol. The molecule has 1 heterocycles. The van der Waals surface area contributed by atoms with Crippen molar-refractivity contribution in [2.75, 3.05) is 20.3 Å². The molecule has 3 N–H and O–H groups in total. The van der Waals surface area contributed by atoms with E-state index in [-0.39, 0.29) is 18.8 Å². The Balaban J connectivity index is 1.37. The Morgan fingerprint density at radius 3 is 2.50 bits per heavy atom. The SMILES string of the molecule is CCOC(=O)C1=C(C)NC(=O)N[C@H]1c1ccc(OCC(=O)N/N=C/c2ccccc2OCc2ccccc2)c(OC)c1. The standard InChI is InChI=1S/C31H32N4O7/c1-4-40-30(37)28-20(2)33-31(38)34-29(28)22-14-15-25(26(16-22)39-3)42-19-27(36)35-32-17-23-12-8-9-13-24(23)41-18-21-10-6-5-7-11-21/h5-17,29H,4,18-19H2,1-3H3,(H,35,36)(H2,33,34,38)/b32-17+/t29-/m0/s1. The van der Waals surface area contributed by atoms with Crippen molar-refractivity contribution < 1.29 is 33.3 Å². The van der Waals surface area contributed by atoms with Crippen LogP contribution in [0.5, 0.6) is 17.2 Å². The van der Waals surface area contributed by atoms with Crippen molar-refractivity contribution >= 4 is 24.1 Å². The third kappa shape index (κ3) is 7.66. The summed E-state index contributed by atoms with van der Waals surface area (Å²) < 4.78 is 22.2. The molecule has 11 heteroatoms. The van der Waals surface area contributed by atoms with Gasteiger partial charge in [0.15, 0.2) is 18.1 Å². The fourth-order valence-corrected chi connectivity index (χ4v) is 4.21. The second-order valence-electron chi connectivity index (χ2n) is 9.09. The number of benzene rings is 3. The van der Waals surface area contributed by atoms with E-state index in [4.69, 9.17) is 18.9 Å². The van der Waals surface area contributed by atoms with Gasteiger partial charge in [0.1, 0.15) is 12.4 Å². The first-order chi connectivity index (χ1) is 20.4. The number of carbonyl (C=O) groups is 3. The second kappa shape index (κ2) is 14.4. The minimum Gasteiger partial charge on any atom is -0.493 e. The number of allylic oxidation sites excluding steroid dienone is 1. The molecule has 4 rings (SSSR count). The molecule has 0 radical (unpaired) electrons. The van der Waals surface area contributed by atoms with Crippen LogP contribution in [0.3, 0.4) is 0 Å². The van der Waals surface area contributed by atoms with Crippen LogP contribution < -0.4 is 30.3 Å². The summed E-state index contributed by atoms with van der Waals surface area (Å²) >= 11 is 0. The number of urea groups is 1. The predicted molar refractivity (Wildman–Crippen MR) is 155 cm³/mol. The molecule has 1 aliphatic rings. The molecule has 218 valence electrons. The number of rotatable bonds is 12. The Hall–Kier alpha value is -5.32. The summed E-state index contributed by atoms with van der Waals surface area (Å²) in [6.45, 7) is 3.58. The van der Waals surface area contributed by atoms with Gasteiger partial charge in [0.2, 0.25) is 0 Å². The van der Waals surface area contributed by atoms with E-state index in [1.54, 1.807) is 32.0 Å². The fourth-order valence-electron chi connectivity index (χ4n) is 4.21. The second-order valence-corrected chi connectivity index (χ2v) is 9.09. The average Bonchev–Trinajstić information content (AvgIpc) is 2.99. The van der Waals surface area contributed by atoms with Gasteiger partial charge in [-0.25, -0.2) is 15.0 Å². The minimum absolute atomic E-state index is 0.188. The third-order valence-electron chi connectivity index (χ3n) is 6.19. The van der Waals surface area contributed by atoms with E-state index >= 15 is 0 Å². The zero-order valence-corrected chi connectivity index (χ0v) is 23.5. The molecule has 0 saturated carbocycles. The molecule has 42 heavy (non-hydrogen) atoms. The first kappa shape index (κ1) is 29.7. The lowest BCUT2D eigenvalue weighted by Gasteiger charge is -2.28. The van der Waals surface area contributed by atoms with Crippen molar-refractivity contribution in [3.05, 3.63) is 101 Å². The molecule has 3 aromatic rings. The van der Waals surface area contributed by atoms with E-state index in [0.717, 1.165) is 5.56 Å². The van der Waals surface area contributed by atoms with Gasteiger partial charge < -0.3 is 29.6 Å². The molecule has 3 amide bonds. The summed E-state index contributed by atoms with van der Waals surface area (Å²) in [5, 5.41) is 9.36. The van der Waals surface area contributed by atoms with Gasteiger partial charge in [0, 0.05) is 11.3 Å². The number of amides is 3. The van der Waals surface area contributed by atoms with E-state index in [9.17, 15) is 14.4 Å². The highest BCUT2D eigenvalue weighted by molar-refractivity contribution is 5.95. The molecule has 1 aliphatic heterocycles. The monoisotopic (exact) mass is 572 g/mol. The van der Waals surface area contributed by atoms with Gasteiger partial charge in [-0.05, 0) is 49.2 Å². The van der Waals surface area contributed by atoms with Crippen LogP contribution in [0.15, 0.2) is 89.2 Å². The van der Waals surface area contributed by atoms with Gasteiger partial charge in [0.25, 0.3) is 5.91 Å². The van der Waals surface area contributed by atoms with E-state index in [1.807, 2.05) is 54.6 Å². The molecule has 0 aromatic heterocycles. The van der Waals surface area contributed by atoms with Crippen LogP contribution in [-0.2, 0) is 20.9 Å². The Morgan fingerprint density at radius 1 is 0.976 bits per heavy atom. The number of para-hydroxylation sites is 1. The number of ether oxygens (including phenoxy) is 4. The first-order valence-electron chi connectivity index (χ1n) is 13.2. The largest absolute Gasteiger partial charge is 0.493 e. The fraction of sp³-hybridized carbons (Fsp3) is 0.226. The number of hydrogen-bond acceptors (Lipinski definition) is 8. The van der Waals surface area contributed by atoms with E-state index in [2.05, 4.69) is 21.2 Å². The van der Waals surface area contributed by atoms with Gasteiger partial charge in [0.05, 0.1) is 31.5 Å². The van der Waals surface area contributed by atoms with Crippen LogP contribution >= 0.6 is 0 Å². The number of hydrazone groups is 1. The van der Waals surface area contributed by atoms with Gasteiger partial charge >= 0.3 is 12.0 Å². The predicted octanol–water partition coefficient (Wildman–Crippen LogP) is 3.99. The van der Waals surface area contributed by atoms with Gasteiger partial charge in [-0.3, -0.25) is 4.79 Å². The third-order valence-corrected chi connectivity index (χ3v) is 6.19. The molecule has 3 aromatic carbocycles.